The normalized spacial score (nSPS) is 16.2. The van der Waals surface area contributed by atoms with E-state index in [4.69, 9.17) is 16.3 Å². The molecule has 2 aromatic rings. The highest BCUT2D eigenvalue weighted by Gasteiger charge is 2.31. The molecule has 0 aliphatic carbocycles. The Hall–Kier alpha value is -2.53. The summed E-state index contributed by atoms with van der Waals surface area (Å²) >= 11 is 6.14. The predicted octanol–water partition coefficient (Wildman–Crippen LogP) is 3.79. The highest BCUT2D eigenvalue weighted by Crippen LogP contribution is 2.33. The number of hydrogen-bond acceptors (Lipinski definition) is 3. The first-order valence-corrected chi connectivity index (χ1v) is 8.46. The molecule has 2 aromatic carbocycles. The van der Waals surface area contributed by atoms with Gasteiger partial charge >= 0.3 is 0 Å². The molecule has 2 amide bonds. The molecule has 0 fully saturated rings. The van der Waals surface area contributed by atoms with Crippen LogP contribution in [-0.2, 0) is 9.59 Å². The fourth-order valence-electron chi connectivity index (χ4n) is 2.74. The number of hydrogen-bond donors (Lipinski definition) is 1. The number of benzene rings is 2. The average molecular weight is 359 g/mol. The summed E-state index contributed by atoms with van der Waals surface area (Å²) in [4.78, 5) is 26.2. The zero-order chi connectivity index (χ0) is 18.0. The van der Waals surface area contributed by atoms with Crippen molar-refractivity contribution in [2.75, 3.05) is 16.8 Å². The van der Waals surface area contributed by atoms with Crippen molar-refractivity contribution in [1.29, 1.82) is 0 Å². The Labute approximate surface area is 151 Å². The number of nitrogens with zero attached hydrogens (tertiary/aromatic N) is 1. The molecule has 3 rings (SSSR count). The minimum absolute atomic E-state index is 0.153. The van der Waals surface area contributed by atoms with Crippen molar-refractivity contribution in [3.05, 3.63) is 53.1 Å². The minimum Gasteiger partial charge on any atom is -0.479 e. The van der Waals surface area contributed by atoms with Gasteiger partial charge < -0.3 is 15.0 Å². The molecule has 0 saturated carbocycles. The molecular formula is C19H19ClN2O3. The van der Waals surface area contributed by atoms with Crippen LogP contribution >= 0.6 is 11.6 Å². The minimum atomic E-state index is -0.565. The lowest BCUT2D eigenvalue weighted by Gasteiger charge is -2.32. The standard InChI is InChI=1S/C19H19ClN2O3/c1-12-7-8-15(14(20)11-12)21-18(23)9-10-22-16-5-3-4-6-17(16)25-13(2)19(22)24/h3-8,11,13H,9-10H2,1-2H3,(H,21,23)/t13-/m0/s1. The highest BCUT2D eigenvalue weighted by molar-refractivity contribution is 6.33. The first-order chi connectivity index (χ1) is 12.0. The monoisotopic (exact) mass is 358 g/mol. The molecule has 0 saturated heterocycles. The van der Waals surface area contributed by atoms with Gasteiger partial charge in [0.1, 0.15) is 5.75 Å². The van der Waals surface area contributed by atoms with E-state index in [-0.39, 0.29) is 24.8 Å². The number of rotatable bonds is 4. The van der Waals surface area contributed by atoms with Crippen LogP contribution in [0.2, 0.25) is 5.02 Å². The summed E-state index contributed by atoms with van der Waals surface area (Å²) in [6.07, 6.45) is -0.402. The molecule has 0 spiro atoms. The van der Waals surface area contributed by atoms with Crippen LogP contribution < -0.4 is 15.0 Å². The summed E-state index contributed by atoms with van der Waals surface area (Å²) in [5, 5.41) is 3.28. The maximum Gasteiger partial charge on any atom is 0.267 e. The van der Waals surface area contributed by atoms with E-state index in [0.717, 1.165) is 5.56 Å². The van der Waals surface area contributed by atoms with Crippen LogP contribution in [0.25, 0.3) is 0 Å². The zero-order valence-electron chi connectivity index (χ0n) is 14.1. The number of carbonyl (C=O) groups is 2. The van der Waals surface area contributed by atoms with Gasteiger partial charge in [0.25, 0.3) is 5.91 Å². The number of ether oxygens (including phenoxy) is 1. The Bertz CT molecular complexity index is 822. The molecule has 1 heterocycles. The van der Waals surface area contributed by atoms with Gasteiger partial charge in [-0.2, -0.15) is 0 Å². The summed E-state index contributed by atoms with van der Waals surface area (Å²) in [5.41, 5.74) is 2.28. The van der Waals surface area contributed by atoms with Crippen molar-refractivity contribution in [2.45, 2.75) is 26.4 Å². The van der Waals surface area contributed by atoms with Gasteiger partial charge in [-0.05, 0) is 43.7 Å². The summed E-state index contributed by atoms with van der Waals surface area (Å²) in [7, 11) is 0. The largest absolute Gasteiger partial charge is 0.479 e. The fraction of sp³-hybridized carbons (Fsp3) is 0.263. The van der Waals surface area contributed by atoms with Gasteiger partial charge in [-0.3, -0.25) is 9.59 Å². The molecular weight excluding hydrogens is 340 g/mol. The fourth-order valence-corrected chi connectivity index (χ4v) is 3.02. The summed E-state index contributed by atoms with van der Waals surface area (Å²) in [6.45, 7) is 3.91. The molecule has 1 atom stereocenters. The van der Waals surface area contributed by atoms with Gasteiger partial charge in [0, 0.05) is 13.0 Å². The number of amides is 2. The van der Waals surface area contributed by atoms with E-state index in [2.05, 4.69) is 5.32 Å². The van der Waals surface area contributed by atoms with Gasteiger partial charge in [-0.25, -0.2) is 0 Å². The van der Waals surface area contributed by atoms with E-state index >= 15 is 0 Å². The van der Waals surface area contributed by atoms with Crippen molar-refractivity contribution >= 4 is 34.8 Å². The number of halogens is 1. The molecule has 5 nitrogen and oxygen atoms in total. The molecule has 1 aliphatic rings. The van der Waals surface area contributed by atoms with Crippen molar-refractivity contribution in [3.63, 3.8) is 0 Å². The van der Waals surface area contributed by atoms with Gasteiger partial charge in [0.05, 0.1) is 16.4 Å². The number of para-hydroxylation sites is 2. The first kappa shape index (κ1) is 17.3. The van der Waals surface area contributed by atoms with Crippen LogP contribution in [0.4, 0.5) is 11.4 Å². The maximum absolute atomic E-state index is 12.4. The second-order valence-corrected chi connectivity index (χ2v) is 6.41. The molecule has 1 aliphatic heterocycles. The summed E-state index contributed by atoms with van der Waals surface area (Å²) in [5.74, 6) is 0.298. The lowest BCUT2D eigenvalue weighted by molar-refractivity contribution is -0.125. The number of carbonyl (C=O) groups excluding carboxylic acids is 2. The Morgan fingerprint density at radius 2 is 2.04 bits per heavy atom. The Morgan fingerprint density at radius 3 is 2.80 bits per heavy atom. The van der Waals surface area contributed by atoms with Crippen molar-refractivity contribution < 1.29 is 14.3 Å². The van der Waals surface area contributed by atoms with E-state index < -0.39 is 6.10 Å². The van der Waals surface area contributed by atoms with Gasteiger partial charge in [-0.15, -0.1) is 0 Å². The third-order valence-electron chi connectivity index (χ3n) is 4.03. The zero-order valence-corrected chi connectivity index (χ0v) is 14.8. The van der Waals surface area contributed by atoms with Crippen molar-refractivity contribution in [2.24, 2.45) is 0 Å². The second kappa shape index (κ2) is 7.15. The molecule has 130 valence electrons. The van der Waals surface area contributed by atoms with Crippen LogP contribution in [0, 0.1) is 6.92 Å². The van der Waals surface area contributed by atoms with Crippen LogP contribution in [0.1, 0.15) is 18.9 Å². The third kappa shape index (κ3) is 3.77. The van der Waals surface area contributed by atoms with E-state index in [1.54, 1.807) is 24.0 Å². The van der Waals surface area contributed by atoms with E-state index in [1.165, 1.54) is 0 Å². The van der Waals surface area contributed by atoms with Crippen LogP contribution in [-0.4, -0.2) is 24.5 Å². The quantitative estimate of drug-likeness (QED) is 0.904. The number of anilines is 2. The van der Waals surface area contributed by atoms with Crippen molar-refractivity contribution in [1.82, 2.24) is 0 Å². The van der Waals surface area contributed by atoms with E-state index in [1.807, 2.05) is 37.3 Å². The van der Waals surface area contributed by atoms with Crippen LogP contribution in [0.15, 0.2) is 42.5 Å². The van der Waals surface area contributed by atoms with E-state index in [9.17, 15) is 9.59 Å². The molecule has 25 heavy (non-hydrogen) atoms. The van der Waals surface area contributed by atoms with Crippen molar-refractivity contribution in [3.8, 4) is 5.75 Å². The lowest BCUT2D eigenvalue weighted by atomic mass is 10.1. The van der Waals surface area contributed by atoms with Crippen LogP contribution in [0.5, 0.6) is 5.75 Å². The molecule has 0 aromatic heterocycles. The average Bonchev–Trinajstić information content (AvgIpc) is 2.58. The van der Waals surface area contributed by atoms with E-state index in [0.29, 0.717) is 22.1 Å². The molecule has 1 N–H and O–H groups in total. The smallest absolute Gasteiger partial charge is 0.267 e. The molecule has 0 unspecified atom stereocenters. The Kier molecular flexibility index (Phi) is 4.95. The summed E-state index contributed by atoms with van der Waals surface area (Å²) in [6, 6.07) is 12.8. The topological polar surface area (TPSA) is 58.6 Å². The second-order valence-electron chi connectivity index (χ2n) is 6.00. The van der Waals surface area contributed by atoms with Gasteiger partial charge in [0.15, 0.2) is 6.10 Å². The predicted molar refractivity (Wildman–Crippen MR) is 98.3 cm³/mol. The molecule has 0 bridgehead atoms. The SMILES string of the molecule is Cc1ccc(NC(=O)CCN2C(=O)[C@H](C)Oc3ccccc32)c(Cl)c1. The first-order valence-electron chi connectivity index (χ1n) is 8.09. The molecule has 6 heteroatoms. The van der Waals surface area contributed by atoms with Crippen LogP contribution in [0.3, 0.4) is 0 Å². The van der Waals surface area contributed by atoms with Gasteiger partial charge in [-0.1, -0.05) is 29.8 Å². The Balaban J connectivity index is 1.68. The third-order valence-corrected chi connectivity index (χ3v) is 4.35. The highest BCUT2D eigenvalue weighted by atomic mass is 35.5. The lowest BCUT2D eigenvalue weighted by Crippen LogP contribution is -2.45. The maximum atomic E-state index is 12.4. The number of nitrogens with one attached hydrogen (secondary N) is 1. The molecule has 0 radical (unpaired) electrons. The number of aryl methyl sites for hydroxylation is 1. The Morgan fingerprint density at radius 1 is 1.28 bits per heavy atom. The summed E-state index contributed by atoms with van der Waals surface area (Å²) < 4.78 is 5.59. The van der Waals surface area contributed by atoms with Gasteiger partial charge in [0.2, 0.25) is 5.91 Å². The number of fused-ring (bicyclic) bond motifs is 1.